The summed E-state index contributed by atoms with van der Waals surface area (Å²) in [7, 11) is 0. The molecule has 0 saturated heterocycles. The zero-order valence-corrected chi connectivity index (χ0v) is 20.5. The molecule has 0 amide bonds. The lowest BCUT2D eigenvalue weighted by atomic mass is 10.1. The average molecular weight is 481 g/mol. The molecular weight excluding hydrogens is 448 g/mol. The van der Waals surface area contributed by atoms with Gasteiger partial charge in [0.2, 0.25) is 0 Å². The minimum absolute atomic E-state index is 0.486. The molecule has 0 aromatic heterocycles. The minimum Gasteiger partial charge on any atom is -0.491 e. The van der Waals surface area contributed by atoms with Crippen molar-refractivity contribution in [3.8, 4) is 11.5 Å². The molecule has 4 aromatic rings. The normalized spacial score (nSPS) is 10.8. The fourth-order valence-corrected chi connectivity index (χ4v) is 3.70. The lowest BCUT2D eigenvalue weighted by Crippen LogP contribution is -2.07. The van der Waals surface area contributed by atoms with Gasteiger partial charge in [0.15, 0.2) is 0 Å². The fraction of sp³-hybridized carbons (Fsp3) is 0.188. The summed E-state index contributed by atoms with van der Waals surface area (Å²) < 4.78 is 23.3. The van der Waals surface area contributed by atoms with Gasteiger partial charge < -0.3 is 18.9 Å². The van der Waals surface area contributed by atoms with Gasteiger partial charge in [-0.3, -0.25) is 0 Å². The van der Waals surface area contributed by atoms with Crippen LogP contribution in [0, 0.1) is 0 Å². The van der Waals surface area contributed by atoms with Gasteiger partial charge in [-0.05, 0) is 57.3 Å². The highest BCUT2D eigenvalue weighted by atomic mass is 16.5. The van der Waals surface area contributed by atoms with Crippen LogP contribution in [0.15, 0.2) is 98.1 Å². The van der Waals surface area contributed by atoms with E-state index in [2.05, 4.69) is 49.6 Å². The molecule has 0 aliphatic rings. The van der Waals surface area contributed by atoms with Gasteiger partial charge in [0, 0.05) is 0 Å². The van der Waals surface area contributed by atoms with E-state index < -0.39 is 0 Å². The average Bonchev–Trinajstić information content (AvgIpc) is 2.93. The molecule has 0 aliphatic heterocycles. The molecule has 0 spiro atoms. The van der Waals surface area contributed by atoms with Crippen LogP contribution >= 0.6 is 0 Å². The maximum absolute atomic E-state index is 5.89. The summed E-state index contributed by atoms with van der Waals surface area (Å²) >= 11 is 0. The summed E-state index contributed by atoms with van der Waals surface area (Å²) in [5.41, 5.74) is 4.47. The Hall–Kier alpha value is -3.86. The Morgan fingerprint density at radius 1 is 0.500 bits per heavy atom. The number of benzene rings is 4. The van der Waals surface area contributed by atoms with Gasteiger partial charge in [-0.25, -0.2) is 0 Å². The van der Waals surface area contributed by atoms with Gasteiger partial charge in [-0.2, -0.15) is 0 Å². The number of hydrogen-bond acceptors (Lipinski definition) is 4. The molecule has 4 heteroatoms. The first-order chi connectivity index (χ1) is 17.7. The van der Waals surface area contributed by atoms with Gasteiger partial charge in [-0.1, -0.05) is 86.0 Å². The highest BCUT2D eigenvalue weighted by Gasteiger charge is 2.02. The second-order valence-corrected chi connectivity index (χ2v) is 8.36. The van der Waals surface area contributed by atoms with Crippen molar-refractivity contribution >= 4 is 22.9 Å². The first-order valence-electron chi connectivity index (χ1n) is 12.1. The molecule has 36 heavy (non-hydrogen) atoms. The maximum atomic E-state index is 5.89. The molecule has 0 unspecified atom stereocenters. The third-order valence-corrected chi connectivity index (χ3v) is 5.74. The summed E-state index contributed by atoms with van der Waals surface area (Å²) in [6, 6.07) is 28.5. The van der Waals surface area contributed by atoms with Crippen molar-refractivity contribution in [3.05, 3.63) is 120 Å². The lowest BCUT2D eigenvalue weighted by molar-refractivity contribution is 0.0888. The van der Waals surface area contributed by atoms with Crippen molar-refractivity contribution in [1.29, 1.82) is 0 Å². The molecule has 0 radical (unpaired) electrons. The summed E-state index contributed by atoms with van der Waals surface area (Å²) in [5, 5.41) is 2.20. The molecule has 0 heterocycles. The largest absolute Gasteiger partial charge is 0.491 e. The topological polar surface area (TPSA) is 36.9 Å². The van der Waals surface area contributed by atoms with E-state index in [0.717, 1.165) is 44.5 Å². The number of ether oxygens (including phenoxy) is 4. The van der Waals surface area contributed by atoms with Gasteiger partial charge in [0.1, 0.15) is 24.7 Å². The minimum atomic E-state index is 0.486. The predicted molar refractivity (Wildman–Crippen MR) is 147 cm³/mol. The van der Waals surface area contributed by atoms with Crippen LogP contribution in [0.25, 0.3) is 22.9 Å². The summed E-state index contributed by atoms with van der Waals surface area (Å²) in [5.74, 6) is 1.62. The van der Waals surface area contributed by atoms with Crippen molar-refractivity contribution in [2.45, 2.75) is 13.2 Å². The summed E-state index contributed by atoms with van der Waals surface area (Å²) in [4.78, 5) is 0. The van der Waals surface area contributed by atoms with E-state index >= 15 is 0 Å². The zero-order chi connectivity index (χ0) is 25.0. The molecule has 0 N–H and O–H groups in total. The smallest absolute Gasteiger partial charge is 0.120 e. The van der Waals surface area contributed by atoms with Crippen molar-refractivity contribution in [1.82, 2.24) is 0 Å². The van der Waals surface area contributed by atoms with E-state index in [9.17, 15) is 0 Å². The van der Waals surface area contributed by atoms with Crippen LogP contribution in [0.4, 0.5) is 0 Å². The Kier molecular flexibility index (Phi) is 9.32. The maximum Gasteiger partial charge on any atom is 0.120 e. The molecule has 4 nitrogen and oxygen atoms in total. The Bertz CT molecular complexity index is 1160. The number of rotatable bonds is 14. The fourth-order valence-electron chi connectivity index (χ4n) is 3.70. The van der Waals surface area contributed by atoms with E-state index in [0.29, 0.717) is 39.6 Å². The van der Waals surface area contributed by atoms with Crippen LogP contribution in [0.5, 0.6) is 11.5 Å². The van der Waals surface area contributed by atoms with Crippen LogP contribution in [-0.4, -0.2) is 26.4 Å². The highest BCUT2D eigenvalue weighted by Crippen LogP contribution is 2.25. The molecule has 4 aromatic carbocycles. The lowest BCUT2D eigenvalue weighted by Gasteiger charge is -2.10. The molecule has 0 aliphatic carbocycles. The third-order valence-electron chi connectivity index (χ3n) is 5.74. The Labute approximate surface area is 213 Å². The molecule has 0 bridgehead atoms. The second-order valence-electron chi connectivity index (χ2n) is 8.36. The van der Waals surface area contributed by atoms with Crippen LogP contribution in [0.2, 0.25) is 0 Å². The van der Waals surface area contributed by atoms with E-state index in [4.69, 9.17) is 18.9 Å². The van der Waals surface area contributed by atoms with Crippen molar-refractivity contribution in [2.24, 2.45) is 0 Å². The van der Waals surface area contributed by atoms with Crippen molar-refractivity contribution in [3.63, 3.8) is 0 Å². The van der Waals surface area contributed by atoms with Crippen LogP contribution in [0.1, 0.15) is 22.3 Å². The predicted octanol–water partition coefficient (Wildman–Crippen LogP) is 7.32. The standard InChI is InChI=1S/C32H32O4/c1-3-25-5-9-27(10-6-25)23-33-17-19-35-31-15-13-29-14-16-32(22-30(29)21-31)36-20-18-34-24-28-11-7-26(4-2)8-12-28/h3-16,21-22H,1-2,17-20,23-24H2. The first-order valence-corrected chi connectivity index (χ1v) is 12.1. The Morgan fingerprint density at radius 2 is 0.944 bits per heavy atom. The monoisotopic (exact) mass is 480 g/mol. The number of fused-ring (bicyclic) bond motifs is 1. The Balaban J connectivity index is 1.18. The van der Waals surface area contributed by atoms with Crippen molar-refractivity contribution < 1.29 is 18.9 Å². The van der Waals surface area contributed by atoms with E-state index in [-0.39, 0.29) is 0 Å². The highest BCUT2D eigenvalue weighted by molar-refractivity contribution is 5.85. The summed E-state index contributed by atoms with van der Waals surface area (Å²) in [6.45, 7) is 10.7. The van der Waals surface area contributed by atoms with E-state index in [1.54, 1.807) is 0 Å². The third kappa shape index (κ3) is 7.57. The molecule has 0 fully saturated rings. The second kappa shape index (κ2) is 13.3. The van der Waals surface area contributed by atoms with Crippen LogP contribution < -0.4 is 9.47 Å². The van der Waals surface area contributed by atoms with Crippen LogP contribution in [0.3, 0.4) is 0 Å². The Morgan fingerprint density at radius 3 is 1.36 bits per heavy atom. The van der Waals surface area contributed by atoms with Crippen molar-refractivity contribution in [2.75, 3.05) is 26.4 Å². The van der Waals surface area contributed by atoms with E-state index in [1.165, 1.54) is 0 Å². The molecule has 184 valence electrons. The van der Waals surface area contributed by atoms with Gasteiger partial charge in [-0.15, -0.1) is 0 Å². The molecule has 0 atom stereocenters. The quantitative estimate of drug-likeness (QED) is 0.177. The van der Waals surface area contributed by atoms with Gasteiger partial charge in [0.25, 0.3) is 0 Å². The molecule has 4 rings (SSSR count). The van der Waals surface area contributed by atoms with Gasteiger partial charge >= 0.3 is 0 Å². The first kappa shape index (κ1) is 25.2. The zero-order valence-electron chi connectivity index (χ0n) is 20.5. The summed E-state index contributed by atoms with van der Waals surface area (Å²) in [6.07, 6.45) is 3.66. The van der Waals surface area contributed by atoms with Crippen LogP contribution in [-0.2, 0) is 22.7 Å². The van der Waals surface area contributed by atoms with E-state index in [1.807, 2.05) is 60.7 Å². The van der Waals surface area contributed by atoms with Gasteiger partial charge in [0.05, 0.1) is 26.4 Å². The SMILES string of the molecule is C=Cc1ccc(COCCOc2ccc3ccc(OCCOCc4ccc(C=C)cc4)cc3c2)cc1. The molecular formula is C32H32O4. The molecule has 0 saturated carbocycles. The number of hydrogen-bond donors (Lipinski definition) is 0.